The van der Waals surface area contributed by atoms with E-state index in [1.54, 1.807) is 6.07 Å². The standard InChI is InChI=1S/C16H12ClFN2O2S/c17-11-4-6-13(7-5-11)23(21,22)15-14(16(15,20)9-19)10-2-1-3-12(18)8-10/h1-8,14-15H,20H2/t14-,15-,16-/m0/s1. The van der Waals surface area contributed by atoms with Gasteiger partial charge in [0.2, 0.25) is 0 Å². The molecule has 1 aliphatic rings. The normalized spacial score (nSPS) is 26.5. The fourth-order valence-corrected chi connectivity index (χ4v) is 5.17. The van der Waals surface area contributed by atoms with Gasteiger partial charge in [0.25, 0.3) is 0 Å². The average Bonchev–Trinajstić information content (AvgIpc) is 3.15. The molecule has 3 rings (SSSR count). The zero-order valence-electron chi connectivity index (χ0n) is 11.8. The molecule has 0 unspecified atom stereocenters. The molecule has 0 amide bonds. The number of rotatable bonds is 3. The Labute approximate surface area is 138 Å². The molecular weight excluding hydrogens is 339 g/mol. The predicted octanol–water partition coefficient (Wildman–Crippen LogP) is 2.64. The Morgan fingerprint density at radius 1 is 1.22 bits per heavy atom. The maximum atomic E-state index is 13.4. The molecule has 1 aliphatic carbocycles. The van der Waals surface area contributed by atoms with Crippen LogP contribution in [-0.2, 0) is 9.84 Å². The lowest BCUT2D eigenvalue weighted by molar-refractivity contribution is 0.591. The SMILES string of the molecule is N#C[C@]1(N)[C@@H](c2cccc(F)c2)[C@@H]1S(=O)(=O)c1ccc(Cl)cc1. The van der Waals surface area contributed by atoms with Crippen molar-refractivity contribution in [2.24, 2.45) is 5.73 Å². The van der Waals surface area contributed by atoms with E-state index >= 15 is 0 Å². The molecule has 0 bridgehead atoms. The molecule has 2 aromatic carbocycles. The summed E-state index contributed by atoms with van der Waals surface area (Å²) in [6.07, 6.45) is 0. The van der Waals surface area contributed by atoms with Crippen LogP contribution in [0.25, 0.3) is 0 Å². The van der Waals surface area contributed by atoms with Crippen molar-refractivity contribution in [2.45, 2.75) is 21.6 Å². The van der Waals surface area contributed by atoms with E-state index in [1.807, 2.05) is 6.07 Å². The monoisotopic (exact) mass is 350 g/mol. The molecule has 23 heavy (non-hydrogen) atoms. The fourth-order valence-electron chi connectivity index (χ4n) is 2.86. The Balaban J connectivity index is 2.05. The predicted molar refractivity (Wildman–Crippen MR) is 84.1 cm³/mol. The van der Waals surface area contributed by atoms with Crippen LogP contribution in [0.1, 0.15) is 11.5 Å². The van der Waals surface area contributed by atoms with Crippen molar-refractivity contribution < 1.29 is 12.8 Å². The van der Waals surface area contributed by atoms with Crippen LogP contribution in [-0.4, -0.2) is 19.2 Å². The first-order chi connectivity index (χ1) is 10.8. The van der Waals surface area contributed by atoms with Crippen molar-refractivity contribution in [2.75, 3.05) is 0 Å². The van der Waals surface area contributed by atoms with Crippen LogP contribution in [0, 0.1) is 17.1 Å². The van der Waals surface area contributed by atoms with Gasteiger partial charge in [-0.25, -0.2) is 12.8 Å². The van der Waals surface area contributed by atoms with Crippen LogP contribution >= 0.6 is 11.6 Å². The van der Waals surface area contributed by atoms with Gasteiger partial charge in [-0.2, -0.15) is 5.26 Å². The van der Waals surface area contributed by atoms with Gasteiger partial charge in [0.05, 0.1) is 11.0 Å². The summed E-state index contributed by atoms with van der Waals surface area (Å²) in [4.78, 5) is 0.0379. The van der Waals surface area contributed by atoms with Crippen molar-refractivity contribution in [3.05, 3.63) is 64.9 Å². The quantitative estimate of drug-likeness (QED) is 0.922. The third-order valence-electron chi connectivity index (χ3n) is 4.06. The van der Waals surface area contributed by atoms with Gasteiger partial charge in [-0.1, -0.05) is 23.7 Å². The third-order valence-corrected chi connectivity index (χ3v) is 6.57. The van der Waals surface area contributed by atoms with Crippen LogP contribution in [0.3, 0.4) is 0 Å². The van der Waals surface area contributed by atoms with Gasteiger partial charge in [0, 0.05) is 10.9 Å². The zero-order chi connectivity index (χ0) is 16.8. The van der Waals surface area contributed by atoms with Crippen molar-refractivity contribution in [1.29, 1.82) is 5.26 Å². The lowest BCUT2D eigenvalue weighted by Gasteiger charge is -2.04. The van der Waals surface area contributed by atoms with Gasteiger partial charge in [0.15, 0.2) is 9.84 Å². The second kappa shape index (κ2) is 5.31. The second-order valence-corrected chi connectivity index (χ2v) is 8.00. The third kappa shape index (κ3) is 2.51. The lowest BCUT2D eigenvalue weighted by atomic mass is 10.1. The van der Waals surface area contributed by atoms with E-state index in [4.69, 9.17) is 17.3 Å². The highest BCUT2D eigenvalue weighted by atomic mass is 35.5. The number of benzene rings is 2. The van der Waals surface area contributed by atoms with Gasteiger partial charge in [-0.15, -0.1) is 0 Å². The minimum Gasteiger partial charge on any atom is -0.312 e. The van der Waals surface area contributed by atoms with Gasteiger partial charge in [-0.3, -0.25) is 0 Å². The maximum absolute atomic E-state index is 13.4. The summed E-state index contributed by atoms with van der Waals surface area (Å²) in [5.74, 6) is -1.28. The molecule has 0 radical (unpaired) electrons. The van der Waals surface area contributed by atoms with Crippen molar-refractivity contribution >= 4 is 21.4 Å². The Kier molecular flexibility index (Phi) is 3.68. The van der Waals surface area contributed by atoms with Crippen molar-refractivity contribution in [3.63, 3.8) is 0 Å². The number of nitriles is 1. The molecule has 7 heteroatoms. The molecule has 1 saturated carbocycles. The first-order valence-corrected chi connectivity index (χ1v) is 8.68. The first-order valence-electron chi connectivity index (χ1n) is 6.76. The summed E-state index contributed by atoms with van der Waals surface area (Å²) < 4.78 is 39.0. The summed E-state index contributed by atoms with van der Waals surface area (Å²) in [6.45, 7) is 0. The van der Waals surface area contributed by atoms with E-state index in [9.17, 15) is 18.1 Å². The van der Waals surface area contributed by atoms with Crippen LogP contribution < -0.4 is 5.73 Å². The van der Waals surface area contributed by atoms with Crippen LogP contribution in [0.4, 0.5) is 4.39 Å². The molecule has 4 nitrogen and oxygen atoms in total. The summed E-state index contributed by atoms with van der Waals surface area (Å²) >= 11 is 5.77. The highest BCUT2D eigenvalue weighted by molar-refractivity contribution is 7.92. The topological polar surface area (TPSA) is 83.9 Å². The van der Waals surface area contributed by atoms with E-state index in [1.165, 1.54) is 42.5 Å². The van der Waals surface area contributed by atoms with Gasteiger partial charge in [-0.05, 0) is 42.0 Å². The Morgan fingerprint density at radius 3 is 2.43 bits per heavy atom. The smallest absolute Gasteiger partial charge is 0.184 e. The number of hydrogen-bond acceptors (Lipinski definition) is 4. The van der Waals surface area contributed by atoms with E-state index in [0.29, 0.717) is 10.6 Å². The number of hydrogen-bond donors (Lipinski definition) is 1. The minimum atomic E-state index is -3.84. The van der Waals surface area contributed by atoms with Crippen LogP contribution in [0.15, 0.2) is 53.4 Å². The molecule has 1 fully saturated rings. The Morgan fingerprint density at radius 2 is 1.87 bits per heavy atom. The van der Waals surface area contributed by atoms with Crippen molar-refractivity contribution in [1.82, 2.24) is 0 Å². The van der Waals surface area contributed by atoms with E-state index in [0.717, 1.165) is 0 Å². The van der Waals surface area contributed by atoms with E-state index in [-0.39, 0.29) is 4.90 Å². The molecule has 118 valence electrons. The molecule has 2 N–H and O–H groups in total. The summed E-state index contributed by atoms with van der Waals surface area (Å²) in [5, 5.41) is 8.62. The minimum absolute atomic E-state index is 0.0379. The molecule has 0 aliphatic heterocycles. The van der Waals surface area contributed by atoms with Crippen molar-refractivity contribution in [3.8, 4) is 6.07 Å². The Hall–Kier alpha value is -1.94. The molecular formula is C16H12ClFN2O2S. The summed E-state index contributed by atoms with van der Waals surface area (Å²) in [5.41, 5.74) is 4.80. The largest absolute Gasteiger partial charge is 0.312 e. The number of nitrogens with zero attached hydrogens (tertiary/aromatic N) is 1. The first kappa shape index (κ1) is 15.9. The zero-order valence-corrected chi connectivity index (χ0v) is 13.4. The Bertz CT molecular complexity index is 908. The number of nitrogens with two attached hydrogens (primary N) is 1. The second-order valence-electron chi connectivity index (χ2n) is 5.50. The van der Waals surface area contributed by atoms with E-state index in [2.05, 4.69) is 0 Å². The van der Waals surface area contributed by atoms with Crippen LogP contribution in [0.2, 0.25) is 5.02 Å². The maximum Gasteiger partial charge on any atom is 0.184 e. The molecule has 0 saturated heterocycles. The van der Waals surface area contributed by atoms with Gasteiger partial charge < -0.3 is 5.73 Å². The van der Waals surface area contributed by atoms with Gasteiger partial charge in [0.1, 0.15) is 16.6 Å². The van der Waals surface area contributed by atoms with Gasteiger partial charge >= 0.3 is 0 Å². The molecule has 0 aromatic heterocycles. The van der Waals surface area contributed by atoms with E-state index < -0.39 is 32.4 Å². The highest BCUT2D eigenvalue weighted by Gasteiger charge is 2.70. The molecule has 0 spiro atoms. The molecule has 2 aromatic rings. The fraction of sp³-hybridized carbons (Fsp3) is 0.188. The highest BCUT2D eigenvalue weighted by Crippen LogP contribution is 2.55. The summed E-state index contributed by atoms with van der Waals surface area (Å²) in [6, 6.07) is 13.0. The van der Waals surface area contributed by atoms with Crippen LogP contribution in [0.5, 0.6) is 0 Å². The summed E-state index contributed by atoms with van der Waals surface area (Å²) in [7, 11) is -3.84. The lowest BCUT2D eigenvalue weighted by Crippen LogP contribution is -2.29. The average molecular weight is 351 g/mol. The molecule has 3 atom stereocenters. The number of sulfone groups is 1. The number of halogens is 2. The molecule has 0 heterocycles.